The van der Waals surface area contributed by atoms with Crippen LogP contribution in [0.1, 0.15) is 18.4 Å². The molecule has 1 aromatic carbocycles. The molecule has 0 saturated carbocycles. The number of benzene rings is 1. The molecule has 0 aromatic heterocycles. The summed E-state index contributed by atoms with van der Waals surface area (Å²) in [4.78, 5) is 10.3. The Morgan fingerprint density at radius 2 is 1.81 bits per heavy atom. The topological polar surface area (TPSA) is 52.9 Å². The van der Waals surface area contributed by atoms with Crippen LogP contribution in [0.25, 0.3) is 0 Å². The van der Waals surface area contributed by atoms with Gasteiger partial charge in [0.05, 0.1) is 10.9 Å². The van der Waals surface area contributed by atoms with Crippen molar-refractivity contribution in [2.75, 3.05) is 13.1 Å². The second-order valence-corrected chi connectivity index (χ2v) is 4.51. The second-order valence-electron chi connectivity index (χ2n) is 4.07. The van der Waals surface area contributed by atoms with Crippen molar-refractivity contribution in [2.24, 2.45) is 5.29 Å². The van der Waals surface area contributed by atoms with Gasteiger partial charge in [-0.05, 0) is 30.5 Å². The molecule has 0 bridgehead atoms. The van der Waals surface area contributed by atoms with Gasteiger partial charge in [0.2, 0.25) is 0 Å². The zero-order valence-corrected chi connectivity index (χ0v) is 9.52. The Hall–Kier alpha value is -1.13. The van der Waals surface area contributed by atoms with Crippen molar-refractivity contribution in [3.05, 3.63) is 39.8 Å². The molecule has 0 radical (unpaired) electrons. The first-order valence-corrected chi connectivity index (χ1v) is 5.58. The van der Waals surface area contributed by atoms with Crippen LogP contribution in [-0.4, -0.2) is 23.2 Å². The highest BCUT2D eigenvalue weighted by Gasteiger charge is 2.33. The van der Waals surface area contributed by atoms with Crippen molar-refractivity contribution in [3.63, 3.8) is 0 Å². The van der Waals surface area contributed by atoms with Crippen LogP contribution in [0.3, 0.4) is 0 Å². The molecule has 2 rings (SSSR count). The first-order valence-electron chi connectivity index (χ1n) is 5.21. The van der Waals surface area contributed by atoms with E-state index in [0.29, 0.717) is 31.0 Å². The molecule has 4 nitrogen and oxygen atoms in total. The summed E-state index contributed by atoms with van der Waals surface area (Å²) in [7, 11) is 0. The van der Waals surface area contributed by atoms with E-state index in [-0.39, 0.29) is 0 Å². The Balaban J connectivity index is 2.14. The molecule has 1 saturated heterocycles. The molecule has 1 fully saturated rings. The van der Waals surface area contributed by atoms with Crippen LogP contribution in [0.15, 0.2) is 29.6 Å². The average Bonchev–Trinajstić information content (AvgIpc) is 2.31. The second kappa shape index (κ2) is 4.39. The van der Waals surface area contributed by atoms with Gasteiger partial charge < -0.3 is 5.11 Å². The minimum atomic E-state index is -0.855. The largest absolute Gasteiger partial charge is 0.385 e. The third-order valence-electron chi connectivity index (χ3n) is 3.06. The fourth-order valence-electron chi connectivity index (χ4n) is 2.00. The summed E-state index contributed by atoms with van der Waals surface area (Å²) in [5.74, 6) is 0. The summed E-state index contributed by atoms with van der Waals surface area (Å²) in [5.41, 5.74) is -0.00589. The van der Waals surface area contributed by atoms with Crippen LogP contribution in [0.2, 0.25) is 5.02 Å². The lowest BCUT2D eigenvalue weighted by atomic mass is 9.85. The lowest BCUT2D eigenvalue weighted by molar-refractivity contribution is -0.0258. The standard InChI is InChI=1S/C11H13ClN2O2/c12-10-3-1-9(2-4-10)11(15)5-7-14(13-16)8-6-11/h1-4,15H,5-8H2. The smallest absolute Gasteiger partial charge is 0.0931 e. The molecule has 1 N–H and O–H groups in total. The minimum Gasteiger partial charge on any atom is -0.385 e. The quantitative estimate of drug-likeness (QED) is 0.807. The van der Waals surface area contributed by atoms with E-state index in [9.17, 15) is 10.0 Å². The van der Waals surface area contributed by atoms with Gasteiger partial charge in [-0.2, -0.15) is 0 Å². The molecule has 5 heteroatoms. The first kappa shape index (κ1) is 11.4. The van der Waals surface area contributed by atoms with Gasteiger partial charge in [0, 0.05) is 18.1 Å². The lowest BCUT2D eigenvalue weighted by Crippen LogP contribution is -2.40. The van der Waals surface area contributed by atoms with Gasteiger partial charge in [0.1, 0.15) is 0 Å². The molecule has 86 valence electrons. The van der Waals surface area contributed by atoms with E-state index in [0.717, 1.165) is 5.56 Å². The molecule has 1 heterocycles. The molecule has 0 amide bonds. The molecular formula is C11H13ClN2O2. The van der Waals surface area contributed by atoms with Crippen molar-refractivity contribution < 1.29 is 5.11 Å². The molecular weight excluding hydrogens is 228 g/mol. The maximum atomic E-state index is 10.4. The average molecular weight is 241 g/mol. The van der Waals surface area contributed by atoms with Crippen molar-refractivity contribution in [1.82, 2.24) is 5.01 Å². The van der Waals surface area contributed by atoms with E-state index in [2.05, 4.69) is 5.29 Å². The van der Waals surface area contributed by atoms with E-state index in [1.54, 1.807) is 12.1 Å². The summed E-state index contributed by atoms with van der Waals surface area (Å²) in [6, 6.07) is 7.18. The number of nitrogens with zero attached hydrogens (tertiary/aromatic N) is 2. The summed E-state index contributed by atoms with van der Waals surface area (Å²) in [6.07, 6.45) is 1.03. The number of rotatable bonds is 2. The predicted molar refractivity (Wildman–Crippen MR) is 62.0 cm³/mol. The Bertz CT molecular complexity index is 372. The Kier molecular flexibility index (Phi) is 3.12. The summed E-state index contributed by atoms with van der Waals surface area (Å²) in [5, 5.41) is 15.4. The summed E-state index contributed by atoms with van der Waals surface area (Å²) < 4.78 is 0. The van der Waals surface area contributed by atoms with Gasteiger partial charge in [0.25, 0.3) is 0 Å². The third kappa shape index (κ3) is 2.18. The van der Waals surface area contributed by atoms with E-state index in [1.165, 1.54) is 5.01 Å². The SMILES string of the molecule is O=NN1CCC(O)(c2ccc(Cl)cc2)CC1. The van der Waals surface area contributed by atoms with Gasteiger partial charge in [-0.3, -0.25) is 5.01 Å². The van der Waals surface area contributed by atoms with Gasteiger partial charge in [-0.15, -0.1) is 4.91 Å². The molecule has 0 atom stereocenters. The number of piperidine rings is 1. The van der Waals surface area contributed by atoms with Gasteiger partial charge >= 0.3 is 0 Å². The Morgan fingerprint density at radius 3 is 2.31 bits per heavy atom. The zero-order chi connectivity index (χ0) is 11.6. The van der Waals surface area contributed by atoms with E-state index >= 15 is 0 Å². The number of hydrogen-bond donors (Lipinski definition) is 1. The van der Waals surface area contributed by atoms with E-state index < -0.39 is 5.60 Å². The van der Waals surface area contributed by atoms with Crippen molar-refractivity contribution in [2.45, 2.75) is 18.4 Å². The predicted octanol–water partition coefficient (Wildman–Crippen LogP) is 2.30. The van der Waals surface area contributed by atoms with Gasteiger partial charge in [-0.1, -0.05) is 23.7 Å². The maximum absolute atomic E-state index is 10.4. The third-order valence-corrected chi connectivity index (χ3v) is 3.32. The van der Waals surface area contributed by atoms with Crippen molar-refractivity contribution >= 4 is 11.6 Å². The minimum absolute atomic E-state index is 0.489. The Labute approximate surface area is 98.8 Å². The molecule has 0 unspecified atom stereocenters. The van der Waals surface area contributed by atoms with E-state index in [1.807, 2.05) is 12.1 Å². The molecule has 16 heavy (non-hydrogen) atoms. The molecule has 1 aliphatic rings. The number of halogens is 1. The van der Waals surface area contributed by atoms with Gasteiger partial charge in [0.15, 0.2) is 0 Å². The maximum Gasteiger partial charge on any atom is 0.0931 e. The highest BCUT2D eigenvalue weighted by Crippen LogP contribution is 2.33. The number of aliphatic hydroxyl groups is 1. The van der Waals surface area contributed by atoms with Crippen molar-refractivity contribution in [3.8, 4) is 0 Å². The number of nitroso groups, excluding NO2 is 1. The monoisotopic (exact) mass is 240 g/mol. The lowest BCUT2D eigenvalue weighted by Gasteiger charge is -2.35. The molecule has 0 spiro atoms. The summed E-state index contributed by atoms with van der Waals surface area (Å²) >= 11 is 5.80. The fraction of sp³-hybridized carbons (Fsp3) is 0.455. The molecule has 1 aliphatic heterocycles. The van der Waals surface area contributed by atoms with Crippen molar-refractivity contribution in [1.29, 1.82) is 0 Å². The molecule has 0 aliphatic carbocycles. The summed E-state index contributed by atoms with van der Waals surface area (Å²) in [6.45, 7) is 0.977. The van der Waals surface area contributed by atoms with Crippen LogP contribution < -0.4 is 0 Å². The zero-order valence-electron chi connectivity index (χ0n) is 8.77. The van der Waals surface area contributed by atoms with Crippen LogP contribution in [-0.2, 0) is 5.60 Å². The number of hydrogen-bond acceptors (Lipinski definition) is 3. The van der Waals surface area contributed by atoms with E-state index in [4.69, 9.17) is 11.6 Å². The van der Waals surface area contributed by atoms with Crippen LogP contribution in [0.5, 0.6) is 0 Å². The molecule has 1 aromatic rings. The first-order chi connectivity index (χ1) is 7.64. The van der Waals surface area contributed by atoms with Crippen LogP contribution in [0, 0.1) is 4.91 Å². The van der Waals surface area contributed by atoms with Gasteiger partial charge in [-0.25, -0.2) is 0 Å². The normalized spacial score (nSPS) is 19.5. The highest BCUT2D eigenvalue weighted by molar-refractivity contribution is 6.30. The highest BCUT2D eigenvalue weighted by atomic mass is 35.5. The van der Waals surface area contributed by atoms with Crippen LogP contribution >= 0.6 is 11.6 Å². The fourth-order valence-corrected chi connectivity index (χ4v) is 2.12. The Morgan fingerprint density at radius 1 is 1.25 bits per heavy atom. The van der Waals surface area contributed by atoms with Crippen LogP contribution in [0.4, 0.5) is 0 Å².